The minimum Gasteiger partial charge on any atom is -0.469 e. The fourth-order valence-electron chi connectivity index (χ4n) is 2.91. The zero-order chi connectivity index (χ0) is 21.3. The maximum Gasteiger partial charge on any atom is 0.305 e. The van der Waals surface area contributed by atoms with Crippen LogP contribution in [-0.2, 0) is 24.3 Å². The lowest BCUT2D eigenvalue weighted by Gasteiger charge is -2.13. The normalized spacial score (nSPS) is 16.6. The Morgan fingerprint density at radius 1 is 1.28 bits per heavy atom. The number of ether oxygens (including phenoxy) is 2. The molecule has 0 aliphatic carbocycles. The fourth-order valence-corrected chi connectivity index (χ4v) is 4.50. The molecule has 1 aromatic rings. The van der Waals surface area contributed by atoms with Gasteiger partial charge in [-0.2, -0.15) is 0 Å². The van der Waals surface area contributed by atoms with Gasteiger partial charge in [-0.3, -0.25) is 9.59 Å². The molecule has 0 saturated carbocycles. The van der Waals surface area contributed by atoms with Crippen LogP contribution in [0.3, 0.4) is 0 Å². The van der Waals surface area contributed by atoms with E-state index in [4.69, 9.17) is 16.3 Å². The highest BCUT2D eigenvalue weighted by Crippen LogP contribution is 2.23. The van der Waals surface area contributed by atoms with Crippen LogP contribution in [0, 0.1) is 0 Å². The Kier molecular flexibility index (Phi) is 9.35. The topological polar surface area (TPSA) is 111 Å². The summed E-state index contributed by atoms with van der Waals surface area (Å²) in [5, 5.41) is 2.79. The van der Waals surface area contributed by atoms with Crippen LogP contribution in [0.15, 0.2) is 23.1 Å². The van der Waals surface area contributed by atoms with Crippen molar-refractivity contribution in [3.63, 3.8) is 0 Å². The second kappa shape index (κ2) is 11.5. The lowest BCUT2D eigenvalue weighted by atomic mass is 10.2. The highest BCUT2D eigenvalue weighted by molar-refractivity contribution is 7.89. The quantitative estimate of drug-likeness (QED) is 0.398. The van der Waals surface area contributed by atoms with Gasteiger partial charge in [-0.05, 0) is 43.9 Å². The second-order valence-electron chi connectivity index (χ2n) is 6.77. The third kappa shape index (κ3) is 7.58. The Bertz CT molecular complexity index is 809. The minimum absolute atomic E-state index is 0.0456. The molecule has 162 valence electrons. The molecule has 8 nitrogen and oxygen atoms in total. The van der Waals surface area contributed by atoms with Crippen molar-refractivity contribution in [2.24, 2.45) is 0 Å². The molecule has 1 heterocycles. The van der Waals surface area contributed by atoms with E-state index in [2.05, 4.69) is 14.8 Å². The molecule has 10 heteroatoms. The first kappa shape index (κ1) is 23.6. The van der Waals surface area contributed by atoms with Crippen LogP contribution in [0.25, 0.3) is 0 Å². The molecule has 0 bridgehead atoms. The first-order chi connectivity index (χ1) is 13.8. The first-order valence-electron chi connectivity index (χ1n) is 9.59. The van der Waals surface area contributed by atoms with Gasteiger partial charge in [0.15, 0.2) is 0 Å². The summed E-state index contributed by atoms with van der Waals surface area (Å²) in [6, 6.07) is 4.15. The van der Waals surface area contributed by atoms with Crippen molar-refractivity contribution >= 4 is 33.5 Å². The van der Waals surface area contributed by atoms with Crippen LogP contribution in [-0.4, -0.2) is 53.2 Å². The maximum absolute atomic E-state index is 12.6. The standard InChI is InChI=1S/C19H27ClN2O6S/c1-27-18(23)7-3-2-4-10-21-19(24)14-8-9-16(20)17(12-14)29(25,26)22-13-15-6-5-11-28-15/h8-9,12,15,22H,2-7,10-11,13H2,1H3,(H,21,24). The van der Waals surface area contributed by atoms with E-state index in [1.807, 2.05) is 0 Å². The zero-order valence-corrected chi connectivity index (χ0v) is 18.0. The van der Waals surface area contributed by atoms with Gasteiger partial charge in [0.05, 0.1) is 18.2 Å². The number of sulfonamides is 1. The molecule has 1 aliphatic rings. The van der Waals surface area contributed by atoms with Crippen molar-refractivity contribution in [1.82, 2.24) is 10.0 Å². The summed E-state index contributed by atoms with van der Waals surface area (Å²) in [7, 11) is -2.52. The van der Waals surface area contributed by atoms with E-state index in [0.29, 0.717) is 32.4 Å². The molecule has 1 aliphatic heterocycles. The summed E-state index contributed by atoms with van der Waals surface area (Å²) in [4.78, 5) is 23.2. The molecular formula is C19H27ClN2O6S. The Balaban J connectivity index is 1.88. The van der Waals surface area contributed by atoms with Gasteiger partial charge in [0, 0.05) is 31.7 Å². The van der Waals surface area contributed by atoms with Crippen molar-refractivity contribution in [1.29, 1.82) is 0 Å². The van der Waals surface area contributed by atoms with Gasteiger partial charge in [-0.15, -0.1) is 0 Å². The van der Waals surface area contributed by atoms with Crippen molar-refractivity contribution in [3.8, 4) is 0 Å². The van der Waals surface area contributed by atoms with Crippen LogP contribution in [0.4, 0.5) is 0 Å². The summed E-state index contributed by atoms with van der Waals surface area (Å²) < 4.78 is 37.6. The number of rotatable bonds is 11. The molecule has 0 radical (unpaired) electrons. The number of halogens is 1. The maximum atomic E-state index is 12.6. The molecule has 1 atom stereocenters. The van der Waals surface area contributed by atoms with Gasteiger partial charge in [0.25, 0.3) is 5.91 Å². The smallest absolute Gasteiger partial charge is 0.305 e. The number of nitrogens with one attached hydrogen (secondary N) is 2. The molecule has 1 fully saturated rings. The van der Waals surface area contributed by atoms with Crippen LogP contribution >= 0.6 is 11.6 Å². The van der Waals surface area contributed by atoms with Crippen LogP contribution in [0.2, 0.25) is 5.02 Å². The average molecular weight is 447 g/mol. The van der Waals surface area contributed by atoms with E-state index in [-0.39, 0.29) is 40.0 Å². The number of benzene rings is 1. The molecule has 29 heavy (non-hydrogen) atoms. The Morgan fingerprint density at radius 2 is 2.07 bits per heavy atom. The van der Waals surface area contributed by atoms with Crippen LogP contribution < -0.4 is 10.0 Å². The number of unbranched alkanes of at least 4 members (excludes halogenated alkanes) is 2. The number of esters is 1. The van der Waals surface area contributed by atoms with Gasteiger partial charge in [0.1, 0.15) is 4.90 Å². The van der Waals surface area contributed by atoms with Gasteiger partial charge in [-0.1, -0.05) is 18.0 Å². The molecule has 1 aromatic carbocycles. The van der Waals surface area contributed by atoms with Gasteiger partial charge in [0.2, 0.25) is 10.0 Å². The molecule has 1 unspecified atom stereocenters. The number of carbonyl (C=O) groups is 2. The highest BCUT2D eigenvalue weighted by atomic mass is 35.5. The number of hydrogen-bond donors (Lipinski definition) is 2. The lowest BCUT2D eigenvalue weighted by Crippen LogP contribution is -2.32. The van der Waals surface area contributed by atoms with E-state index < -0.39 is 10.0 Å². The summed E-state index contributed by atoms with van der Waals surface area (Å²) in [6.45, 7) is 1.22. The molecule has 0 spiro atoms. The van der Waals surface area contributed by atoms with Gasteiger partial charge in [-0.25, -0.2) is 13.1 Å². The number of hydrogen-bond acceptors (Lipinski definition) is 6. The predicted molar refractivity (Wildman–Crippen MR) is 108 cm³/mol. The molecule has 1 amide bonds. The largest absolute Gasteiger partial charge is 0.469 e. The van der Waals surface area contributed by atoms with Crippen molar-refractivity contribution in [2.75, 3.05) is 26.8 Å². The average Bonchev–Trinajstić information content (AvgIpc) is 3.22. The van der Waals surface area contributed by atoms with Crippen molar-refractivity contribution in [3.05, 3.63) is 28.8 Å². The number of methoxy groups -OCH3 is 1. The van der Waals surface area contributed by atoms with E-state index in [1.165, 1.54) is 25.3 Å². The predicted octanol–water partition coefficient (Wildman–Crippen LogP) is 2.26. The van der Waals surface area contributed by atoms with Crippen molar-refractivity contribution < 1.29 is 27.5 Å². The first-order valence-corrected chi connectivity index (χ1v) is 11.5. The monoisotopic (exact) mass is 446 g/mol. The Morgan fingerprint density at radius 3 is 2.76 bits per heavy atom. The van der Waals surface area contributed by atoms with E-state index in [1.54, 1.807) is 0 Å². The fraction of sp³-hybridized carbons (Fsp3) is 0.579. The van der Waals surface area contributed by atoms with Gasteiger partial charge < -0.3 is 14.8 Å². The SMILES string of the molecule is COC(=O)CCCCCNC(=O)c1ccc(Cl)c(S(=O)(=O)NCC2CCCO2)c1. The Hall–Kier alpha value is -1.68. The van der Waals surface area contributed by atoms with E-state index >= 15 is 0 Å². The third-order valence-electron chi connectivity index (χ3n) is 4.58. The molecule has 1 saturated heterocycles. The second-order valence-corrected chi connectivity index (χ2v) is 8.92. The molecular weight excluding hydrogens is 420 g/mol. The molecule has 2 rings (SSSR count). The molecule has 2 N–H and O–H groups in total. The Labute approximate surface area is 176 Å². The summed E-state index contributed by atoms with van der Waals surface area (Å²) in [5.41, 5.74) is 0.210. The summed E-state index contributed by atoms with van der Waals surface area (Å²) in [5.74, 6) is -0.637. The number of amides is 1. The molecule has 0 aromatic heterocycles. The van der Waals surface area contributed by atoms with E-state index in [9.17, 15) is 18.0 Å². The minimum atomic E-state index is -3.86. The third-order valence-corrected chi connectivity index (χ3v) is 6.48. The van der Waals surface area contributed by atoms with E-state index in [0.717, 1.165) is 19.3 Å². The summed E-state index contributed by atoms with van der Waals surface area (Å²) in [6.07, 6.45) is 4.07. The van der Waals surface area contributed by atoms with Crippen LogP contribution in [0.5, 0.6) is 0 Å². The summed E-state index contributed by atoms with van der Waals surface area (Å²) >= 11 is 6.06. The van der Waals surface area contributed by atoms with Crippen molar-refractivity contribution in [2.45, 2.75) is 49.5 Å². The van der Waals surface area contributed by atoms with Crippen LogP contribution in [0.1, 0.15) is 48.9 Å². The zero-order valence-electron chi connectivity index (χ0n) is 16.4. The highest BCUT2D eigenvalue weighted by Gasteiger charge is 2.23. The van der Waals surface area contributed by atoms with Gasteiger partial charge >= 0.3 is 5.97 Å². The number of carbonyl (C=O) groups excluding carboxylic acids is 2. The lowest BCUT2D eigenvalue weighted by molar-refractivity contribution is -0.140.